The van der Waals surface area contributed by atoms with Crippen molar-refractivity contribution < 1.29 is 14.6 Å². The van der Waals surface area contributed by atoms with Crippen molar-refractivity contribution in [3.05, 3.63) is 47.0 Å². The zero-order valence-electron chi connectivity index (χ0n) is 12.1. The second-order valence-corrected chi connectivity index (χ2v) is 5.15. The molecule has 6 heteroatoms. The second kappa shape index (κ2) is 9.39. The number of amides is 2. The van der Waals surface area contributed by atoms with Gasteiger partial charge in [-0.3, -0.25) is 0 Å². The summed E-state index contributed by atoms with van der Waals surface area (Å²) in [5, 5.41) is 15.7. The Balaban J connectivity index is 2.17. The van der Waals surface area contributed by atoms with Crippen molar-refractivity contribution in [2.45, 2.75) is 13.0 Å². The first-order chi connectivity index (χ1) is 9.99. The highest BCUT2D eigenvalue weighted by Gasteiger charge is 2.09. The van der Waals surface area contributed by atoms with E-state index in [-0.39, 0.29) is 12.6 Å². The van der Waals surface area contributed by atoms with E-state index in [2.05, 4.69) is 17.2 Å². The van der Waals surface area contributed by atoms with E-state index in [1.807, 2.05) is 6.92 Å². The molecular weight excluding hydrogens is 292 g/mol. The van der Waals surface area contributed by atoms with E-state index in [9.17, 15) is 9.90 Å². The fourth-order valence-electron chi connectivity index (χ4n) is 1.54. The predicted octanol–water partition coefficient (Wildman–Crippen LogP) is 2.27. The Kier molecular flexibility index (Phi) is 7.82. The first-order valence-electron chi connectivity index (χ1n) is 6.66. The highest BCUT2D eigenvalue weighted by Crippen LogP contribution is 2.15. The van der Waals surface area contributed by atoms with E-state index in [1.165, 1.54) is 0 Å². The van der Waals surface area contributed by atoms with Crippen LogP contribution in [0, 0.1) is 0 Å². The largest absolute Gasteiger partial charge is 0.387 e. The molecule has 5 nitrogen and oxygen atoms in total. The highest BCUT2D eigenvalue weighted by molar-refractivity contribution is 6.30. The minimum Gasteiger partial charge on any atom is -0.387 e. The third-order valence-corrected chi connectivity index (χ3v) is 2.84. The van der Waals surface area contributed by atoms with E-state index in [0.29, 0.717) is 30.3 Å². The number of urea groups is 1. The molecule has 0 aliphatic carbocycles. The molecule has 1 aromatic rings. The molecule has 1 atom stereocenters. The summed E-state index contributed by atoms with van der Waals surface area (Å²) in [6.07, 6.45) is -0.771. The van der Waals surface area contributed by atoms with Gasteiger partial charge in [-0.05, 0) is 24.6 Å². The molecule has 3 N–H and O–H groups in total. The van der Waals surface area contributed by atoms with E-state index in [0.717, 1.165) is 5.57 Å². The van der Waals surface area contributed by atoms with Gasteiger partial charge in [-0.15, -0.1) is 0 Å². The fourth-order valence-corrected chi connectivity index (χ4v) is 1.66. The molecule has 0 heterocycles. The third kappa shape index (κ3) is 7.70. The number of hydrogen-bond donors (Lipinski definition) is 3. The molecule has 0 aliphatic heterocycles. The predicted molar refractivity (Wildman–Crippen MR) is 83.4 cm³/mol. The van der Waals surface area contributed by atoms with Crippen molar-refractivity contribution in [2.24, 2.45) is 0 Å². The van der Waals surface area contributed by atoms with Gasteiger partial charge in [0.05, 0.1) is 19.3 Å². The second-order valence-electron chi connectivity index (χ2n) is 4.71. The van der Waals surface area contributed by atoms with Gasteiger partial charge in [0.2, 0.25) is 0 Å². The molecule has 0 saturated carbocycles. The quantitative estimate of drug-likeness (QED) is 0.509. The van der Waals surface area contributed by atoms with Gasteiger partial charge in [0.15, 0.2) is 0 Å². The molecule has 0 fully saturated rings. The lowest BCUT2D eigenvalue weighted by Crippen LogP contribution is -2.39. The summed E-state index contributed by atoms with van der Waals surface area (Å²) in [4.78, 5) is 11.5. The number of aliphatic hydroxyl groups is 1. The molecule has 0 saturated heterocycles. The SMILES string of the molecule is C=C(C)COCCNC(=O)NCC(O)c1ccc(Cl)cc1. The summed E-state index contributed by atoms with van der Waals surface area (Å²) in [5.74, 6) is 0. The number of rotatable bonds is 8. The Hall–Kier alpha value is -1.56. The van der Waals surface area contributed by atoms with Crippen LogP contribution in [-0.2, 0) is 4.74 Å². The minimum atomic E-state index is -0.771. The Morgan fingerprint density at radius 1 is 1.38 bits per heavy atom. The maximum Gasteiger partial charge on any atom is 0.314 e. The van der Waals surface area contributed by atoms with Gasteiger partial charge in [-0.25, -0.2) is 4.79 Å². The average Bonchev–Trinajstić information content (AvgIpc) is 2.44. The van der Waals surface area contributed by atoms with Crippen molar-refractivity contribution in [2.75, 3.05) is 26.3 Å². The molecule has 1 rings (SSSR count). The number of nitrogens with one attached hydrogen (secondary N) is 2. The van der Waals surface area contributed by atoms with Gasteiger partial charge in [0, 0.05) is 18.1 Å². The molecule has 21 heavy (non-hydrogen) atoms. The number of benzene rings is 1. The van der Waals surface area contributed by atoms with Crippen LogP contribution in [-0.4, -0.2) is 37.4 Å². The average molecular weight is 313 g/mol. The smallest absolute Gasteiger partial charge is 0.314 e. The Bertz CT molecular complexity index is 462. The first-order valence-corrected chi connectivity index (χ1v) is 7.04. The van der Waals surface area contributed by atoms with E-state index < -0.39 is 6.10 Å². The van der Waals surface area contributed by atoms with E-state index in [4.69, 9.17) is 16.3 Å². The van der Waals surface area contributed by atoms with Crippen molar-refractivity contribution in [1.29, 1.82) is 0 Å². The number of carbonyl (C=O) groups excluding carboxylic acids is 1. The van der Waals surface area contributed by atoms with Crippen LogP contribution >= 0.6 is 11.6 Å². The van der Waals surface area contributed by atoms with Crippen LogP contribution in [0.5, 0.6) is 0 Å². The van der Waals surface area contributed by atoms with Gasteiger partial charge < -0.3 is 20.5 Å². The van der Waals surface area contributed by atoms with Crippen molar-refractivity contribution in [1.82, 2.24) is 10.6 Å². The standard InChI is InChI=1S/C15H21ClN2O3/c1-11(2)10-21-8-7-17-15(20)18-9-14(19)12-3-5-13(16)6-4-12/h3-6,14,19H,1,7-10H2,2H3,(H2,17,18,20). The first kappa shape index (κ1) is 17.5. The molecule has 0 bridgehead atoms. The number of hydrogen-bond acceptors (Lipinski definition) is 3. The van der Waals surface area contributed by atoms with E-state index in [1.54, 1.807) is 24.3 Å². The molecule has 2 amide bonds. The minimum absolute atomic E-state index is 0.125. The zero-order valence-corrected chi connectivity index (χ0v) is 12.8. The molecule has 1 aromatic carbocycles. The maximum atomic E-state index is 11.5. The molecule has 0 spiro atoms. The summed E-state index contributed by atoms with van der Waals surface area (Å²) in [5.41, 5.74) is 1.63. The Labute approximate surface area is 129 Å². The van der Waals surface area contributed by atoms with Crippen molar-refractivity contribution in [3.8, 4) is 0 Å². The number of aliphatic hydroxyl groups excluding tert-OH is 1. The Morgan fingerprint density at radius 2 is 2.05 bits per heavy atom. The fraction of sp³-hybridized carbons (Fsp3) is 0.400. The lowest BCUT2D eigenvalue weighted by atomic mass is 10.1. The highest BCUT2D eigenvalue weighted by atomic mass is 35.5. The third-order valence-electron chi connectivity index (χ3n) is 2.59. The summed E-state index contributed by atoms with van der Waals surface area (Å²) < 4.78 is 5.25. The lowest BCUT2D eigenvalue weighted by Gasteiger charge is -2.13. The Morgan fingerprint density at radius 3 is 2.67 bits per heavy atom. The van der Waals surface area contributed by atoms with Crippen molar-refractivity contribution in [3.63, 3.8) is 0 Å². The normalized spacial score (nSPS) is 11.8. The zero-order chi connectivity index (χ0) is 15.7. The topological polar surface area (TPSA) is 70.6 Å². The molecule has 0 aromatic heterocycles. The summed E-state index contributed by atoms with van der Waals surface area (Å²) in [6, 6.07) is 6.48. The van der Waals surface area contributed by atoms with Crippen molar-refractivity contribution >= 4 is 17.6 Å². The number of halogens is 1. The summed E-state index contributed by atoms with van der Waals surface area (Å²) in [7, 11) is 0. The van der Waals surface area contributed by atoms with Crippen LogP contribution in [0.2, 0.25) is 5.02 Å². The van der Waals surface area contributed by atoms with Crippen LogP contribution in [0.25, 0.3) is 0 Å². The molecular formula is C15H21ClN2O3. The lowest BCUT2D eigenvalue weighted by molar-refractivity contribution is 0.155. The van der Waals surface area contributed by atoms with Gasteiger partial charge in [-0.2, -0.15) is 0 Å². The molecule has 0 aliphatic rings. The molecule has 0 radical (unpaired) electrons. The van der Waals surface area contributed by atoms with Gasteiger partial charge in [0.1, 0.15) is 0 Å². The van der Waals surface area contributed by atoms with Gasteiger partial charge in [-0.1, -0.05) is 35.9 Å². The molecule has 116 valence electrons. The summed E-state index contributed by atoms with van der Waals surface area (Å²) >= 11 is 5.77. The van der Waals surface area contributed by atoms with Crippen LogP contribution in [0.3, 0.4) is 0 Å². The summed E-state index contributed by atoms with van der Waals surface area (Å²) in [6.45, 7) is 7.01. The van der Waals surface area contributed by atoms with Crippen LogP contribution in [0.1, 0.15) is 18.6 Å². The van der Waals surface area contributed by atoms with Crippen LogP contribution in [0.15, 0.2) is 36.4 Å². The van der Waals surface area contributed by atoms with Gasteiger partial charge in [0.25, 0.3) is 0 Å². The number of ether oxygens (including phenoxy) is 1. The molecule has 1 unspecified atom stereocenters. The number of carbonyl (C=O) groups is 1. The van der Waals surface area contributed by atoms with Crippen LogP contribution in [0.4, 0.5) is 4.79 Å². The maximum absolute atomic E-state index is 11.5. The van der Waals surface area contributed by atoms with E-state index >= 15 is 0 Å². The monoisotopic (exact) mass is 312 g/mol. The van der Waals surface area contributed by atoms with Crippen LogP contribution < -0.4 is 10.6 Å². The van der Waals surface area contributed by atoms with Gasteiger partial charge >= 0.3 is 6.03 Å².